The lowest BCUT2D eigenvalue weighted by Crippen LogP contribution is -2.56. The highest BCUT2D eigenvalue weighted by Gasteiger charge is 2.39. The number of aliphatic hydroxyl groups excluding tert-OH is 1. The molecule has 0 aromatic carbocycles. The number of hydrogen-bond donors (Lipinski definition) is 1. The number of hydrogen-bond acceptors (Lipinski definition) is 4. The van der Waals surface area contributed by atoms with Gasteiger partial charge in [-0.05, 0) is 36.4 Å². The summed E-state index contributed by atoms with van der Waals surface area (Å²) in [5.74, 6) is 0. The van der Waals surface area contributed by atoms with Crippen LogP contribution in [0.2, 0.25) is 0 Å². The van der Waals surface area contributed by atoms with Gasteiger partial charge in [-0.3, -0.25) is 9.80 Å². The highest BCUT2D eigenvalue weighted by molar-refractivity contribution is 7.10. The Bertz CT molecular complexity index is 491. The molecule has 2 aliphatic rings. The Morgan fingerprint density at radius 1 is 1.33 bits per heavy atom. The third kappa shape index (κ3) is 3.11. The second-order valence-electron chi connectivity index (χ2n) is 5.83. The van der Waals surface area contributed by atoms with E-state index in [1.807, 2.05) is 4.90 Å². The predicted molar refractivity (Wildman–Crippen MR) is 75.2 cm³/mol. The lowest BCUT2D eigenvalue weighted by Gasteiger charge is -2.43. The first kappa shape index (κ1) is 15.3. The summed E-state index contributed by atoms with van der Waals surface area (Å²) in [7, 11) is 0. The molecule has 0 radical (unpaired) electrons. The van der Waals surface area contributed by atoms with E-state index in [1.54, 1.807) is 6.07 Å². The van der Waals surface area contributed by atoms with Crippen molar-refractivity contribution in [3.05, 3.63) is 21.9 Å². The average molecular weight is 320 g/mol. The topological polar surface area (TPSA) is 26.7 Å². The van der Waals surface area contributed by atoms with E-state index in [2.05, 4.69) is 4.90 Å². The molecule has 3 rings (SSSR count). The van der Waals surface area contributed by atoms with Gasteiger partial charge in [-0.25, -0.2) is 0 Å². The Morgan fingerprint density at radius 2 is 2.14 bits per heavy atom. The summed E-state index contributed by atoms with van der Waals surface area (Å²) in [6.45, 7) is 2.81. The Hall–Kier alpha value is -0.630. The van der Waals surface area contributed by atoms with Gasteiger partial charge >= 0.3 is 6.18 Å². The van der Waals surface area contributed by atoms with Crippen LogP contribution in [0.3, 0.4) is 0 Å². The zero-order chi connectivity index (χ0) is 15.0. The molecule has 0 aliphatic carbocycles. The highest BCUT2D eigenvalue weighted by atomic mass is 32.1. The van der Waals surface area contributed by atoms with Crippen LogP contribution in [0.1, 0.15) is 23.3 Å². The summed E-state index contributed by atoms with van der Waals surface area (Å²) in [6, 6.07) is 1.92. The molecule has 1 aromatic rings. The van der Waals surface area contributed by atoms with Crippen LogP contribution < -0.4 is 0 Å². The van der Waals surface area contributed by atoms with E-state index in [0.29, 0.717) is 11.6 Å². The molecule has 3 heterocycles. The number of thiophene rings is 1. The zero-order valence-corrected chi connectivity index (χ0v) is 12.5. The van der Waals surface area contributed by atoms with Gasteiger partial charge in [-0.1, -0.05) is 0 Å². The lowest BCUT2D eigenvalue weighted by atomic mass is 10.1. The summed E-state index contributed by atoms with van der Waals surface area (Å²) in [6.07, 6.45) is -2.04. The standard InChI is InChI=1S/C14H19F3N2OS/c15-14(16,17)13-10(3-5-21-13)6-19-7-11-2-1-4-18(11)8-12(19)9-20/h3,5,11-12,20H,1-2,4,6-9H2/t11-,12+/m0/s1. The molecule has 2 atom stereocenters. The van der Waals surface area contributed by atoms with Gasteiger partial charge in [0.25, 0.3) is 0 Å². The smallest absolute Gasteiger partial charge is 0.395 e. The molecule has 3 nitrogen and oxygen atoms in total. The van der Waals surface area contributed by atoms with Gasteiger partial charge in [-0.15, -0.1) is 11.3 Å². The molecule has 7 heteroatoms. The predicted octanol–water partition coefficient (Wildman–Crippen LogP) is 2.41. The molecule has 0 unspecified atom stereocenters. The van der Waals surface area contributed by atoms with E-state index >= 15 is 0 Å². The van der Waals surface area contributed by atoms with Crippen molar-refractivity contribution < 1.29 is 18.3 Å². The van der Waals surface area contributed by atoms with Gasteiger partial charge in [0.1, 0.15) is 4.88 Å². The van der Waals surface area contributed by atoms with Gasteiger partial charge in [0.15, 0.2) is 0 Å². The van der Waals surface area contributed by atoms with Gasteiger partial charge in [0, 0.05) is 31.7 Å². The van der Waals surface area contributed by atoms with Crippen molar-refractivity contribution >= 4 is 11.3 Å². The van der Waals surface area contributed by atoms with E-state index in [1.165, 1.54) is 5.38 Å². The third-order valence-electron chi connectivity index (χ3n) is 4.49. The summed E-state index contributed by atoms with van der Waals surface area (Å²) in [5, 5.41) is 11.0. The number of alkyl halides is 3. The molecule has 1 aromatic heterocycles. The first-order valence-electron chi connectivity index (χ1n) is 7.21. The molecule has 2 aliphatic heterocycles. The molecule has 118 valence electrons. The molecule has 0 bridgehead atoms. The molecular formula is C14H19F3N2OS. The molecule has 0 amide bonds. The SMILES string of the molecule is OC[C@H]1CN2CCC[C@H]2CN1Cc1ccsc1C(F)(F)F. The van der Waals surface area contributed by atoms with E-state index in [-0.39, 0.29) is 19.2 Å². The molecule has 21 heavy (non-hydrogen) atoms. The molecular weight excluding hydrogens is 301 g/mol. The van der Waals surface area contributed by atoms with Crippen molar-refractivity contribution in [2.24, 2.45) is 0 Å². The number of fused-ring (bicyclic) bond motifs is 1. The summed E-state index contributed by atoms with van der Waals surface area (Å²) < 4.78 is 38.9. The fraction of sp³-hybridized carbons (Fsp3) is 0.714. The van der Waals surface area contributed by atoms with Crippen LogP contribution in [0.5, 0.6) is 0 Å². The number of aliphatic hydroxyl groups is 1. The highest BCUT2D eigenvalue weighted by Crippen LogP contribution is 2.37. The fourth-order valence-electron chi connectivity index (χ4n) is 3.44. The number of halogens is 3. The monoisotopic (exact) mass is 320 g/mol. The van der Waals surface area contributed by atoms with Gasteiger partial charge in [0.05, 0.1) is 6.61 Å². The normalized spacial score (nSPS) is 28.0. The van der Waals surface area contributed by atoms with Crippen LogP contribution in [-0.2, 0) is 12.7 Å². The van der Waals surface area contributed by atoms with Crippen LogP contribution in [0.4, 0.5) is 13.2 Å². The lowest BCUT2D eigenvalue weighted by molar-refractivity contribution is -0.135. The van der Waals surface area contributed by atoms with Crippen LogP contribution in [0.15, 0.2) is 11.4 Å². The van der Waals surface area contributed by atoms with Crippen molar-refractivity contribution in [3.8, 4) is 0 Å². The minimum absolute atomic E-state index is 0.00525. The van der Waals surface area contributed by atoms with Crippen molar-refractivity contribution in [2.75, 3.05) is 26.2 Å². The van der Waals surface area contributed by atoms with Gasteiger partial charge in [-0.2, -0.15) is 13.2 Å². The summed E-state index contributed by atoms with van der Waals surface area (Å²) in [4.78, 5) is 3.87. The second-order valence-corrected chi connectivity index (χ2v) is 6.75. The van der Waals surface area contributed by atoms with E-state index in [0.717, 1.165) is 43.8 Å². The third-order valence-corrected chi connectivity index (χ3v) is 5.50. The maximum absolute atomic E-state index is 13.0. The number of rotatable bonds is 3. The van der Waals surface area contributed by atoms with Crippen molar-refractivity contribution in [3.63, 3.8) is 0 Å². The molecule has 2 fully saturated rings. The summed E-state index contributed by atoms with van der Waals surface area (Å²) in [5.41, 5.74) is 0.331. The first-order valence-corrected chi connectivity index (χ1v) is 8.09. The van der Waals surface area contributed by atoms with Crippen LogP contribution in [0, 0.1) is 0 Å². The minimum atomic E-state index is -4.28. The largest absolute Gasteiger partial charge is 0.425 e. The van der Waals surface area contributed by atoms with E-state index < -0.39 is 11.1 Å². The Labute approximate surface area is 126 Å². The molecule has 1 N–H and O–H groups in total. The van der Waals surface area contributed by atoms with Crippen molar-refractivity contribution in [1.82, 2.24) is 9.80 Å². The first-order chi connectivity index (χ1) is 9.99. The van der Waals surface area contributed by atoms with Crippen LogP contribution in [-0.4, -0.2) is 53.2 Å². The maximum atomic E-state index is 13.0. The van der Waals surface area contributed by atoms with Crippen LogP contribution >= 0.6 is 11.3 Å². The van der Waals surface area contributed by atoms with Gasteiger partial charge in [0.2, 0.25) is 0 Å². The fourth-order valence-corrected chi connectivity index (χ4v) is 4.23. The number of piperazine rings is 1. The van der Waals surface area contributed by atoms with Gasteiger partial charge < -0.3 is 5.11 Å². The Balaban J connectivity index is 1.75. The quantitative estimate of drug-likeness (QED) is 0.926. The van der Waals surface area contributed by atoms with E-state index in [4.69, 9.17) is 0 Å². The molecule has 0 spiro atoms. The Kier molecular flexibility index (Phi) is 4.27. The molecule has 2 saturated heterocycles. The van der Waals surface area contributed by atoms with Crippen molar-refractivity contribution in [1.29, 1.82) is 0 Å². The minimum Gasteiger partial charge on any atom is -0.395 e. The zero-order valence-electron chi connectivity index (χ0n) is 11.6. The number of nitrogens with zero attached hydrogens (tertiary/aromatic N) is 2. The average Bonchev–Trinajstić information content (AvgIpc) is 3.05. The van der Waals surface area contributed by atoms with Crippen molar-refractivity contribution in [2.45, 2.75) is 37.6 Å². The molecule has 0 saturated carbocycles. The summed E-state index contributed by atoms with van der Waals surface area (Å²) >= 11 is 0.749. The van der Waals surface area contributed by atoms with E-state index in [9.17, 15) is 18.3 Å². The maximum Gasteiger partial charge on any atom is 0.425 e. The Morgan fingerprint density at radius 3 is 2.86 bits per heavy atom. The second kappa shape index (κ2) is 5.87. The van der Waals surface area contributed by atoms with Crippen LogP contribution in [0.25, 0.3) is 0 Å².